The van der Waals surface area contributed by atoms with Crippen molar-refractivity contribution in [2.24, 2.45) is 0 Å². The maximum atomic E-state index is 8.91. The van der Waals surface area contributed by atoms with E-state index in [0.717, 1.165) is 10.7 Å². The van der Waals surface area contributed by atoms with Gasteiger partial charge in [-0.05, 0) is 18.5 Å². The molecule has 16 heavy (non-hydrogen) atoms. The van der Waals surface area contributed by atoms with Crippen LogP contribution in [0.3, 0.4) is 0 Å². The van der Waals surface area contributed by atoms with Gasteiger partial charge in [0.15, 0.2) is 6.33 Å². The lowest BCUT2D eigenvalue weighted by atomic mass is 10.3. The number of anilines is 1. The molecule has 0 aliphatic heterocycles. The molecule has 0 spiro atoms. The first-order valence-corrected chi connectivity index (χ1v) is 5.44. The van der Waals surface area contributed by atoms with Crippen molar-refractivity contribution in [2.75, 3.05) is 11.9 Å². The van der Waals surface area contributed by atoms with Crippen LogP contribution in [0, 0.1) is 18.3 Å². The number of hydrogen-bond donors (Lipinski definition) is 1. The fourth-order valence-corrected chi connectivity index (χ4v) is 1.98. The Bertz CT molecular complexity index is 498. The molecule has 0 aromatic carbocycles. The molecular formula is C9H9N5OS. The summed E-state index contributed by atoms with van der Waals surface area (Å²) < 4.78 is 8.96. The molecule has 0 amide bonds. The second-order valence-corrected chi connectivity index (χ2v) is 3.87. The zero-order chi connectivity index (χ0) is 11.4. The first-order chi connectivity index (χ1) is 7.81. The molecule has 0 saturated heterocycles. The number of aryl methyl sites for hydroxylation is 1. The molecule has 0 atom stereocenters. The second-order valence-electron chi connectivity index (χ2n) is 3.10. The average molecular weight is 235 g/mol. The molecule has 6 nitrogen and oxygen atoms in total. The van der Waals surface area contributed by atoms with Gasteiger partial charge in [-0.2, -0.15) is 14.6 Å². The fourth-order valence-electron chi connectivity index (χ4n) is 1.21. The minimum atomic E-state index is 0.576. The monoisotopic (exact) mass is 235 g/mol. The van der Waals surface area contributed by atoms with Crippen LogP contribution in [-0.4, -0.2) is 21.1 Å². The van der Waals surface area contributed by atoms with Crippen LogP contribution < -0.4 is 5.32 Å². The van der Waals surface area contributed by atoms with Gasteiger partial charge >= 0.3 is 0 Å². The van der Waals surface area contributed by atoms with Crippen LogP contribution in [0.2, 0.25) is 0 Å². The van der Waals surface area contributed by atoms with E-state index in [-0.39, 0.29) is 0 Å². The summed E-state index contributed by atoms with van der Waals surface area (Å²) in [5, 5.41) is 16.3. The Kier molecular flexibility index (Phi) is 3.12. The van der Waals surface area contributed by atoms with Gasteiger partial charge in [0.05, 0.1) is 5.69 Å². The molecule has 2 aromatic rings. The van der Waals surface area contributed by atoms with E-state index in [1.54, 1.807) is 0 Å². The maximum Gasteiger partial charge on any atom is 0.228 e. The van der Waals surface area contributed by atoms with Gasteiger partial charge in [-0.3, -0.25) is 0 Å². The molecule has 0 radical (unpaired) electrons. The number of nitrogens with one attached hydrogen (secondary N) is 1. The Labute approximate surface area is 96.1 Å². The predicted molar refractivity (Wildman–Crippen MR) is 58.1 cm³/mol. The van der Waals surface area contributed by atoms with E-state index in [1.807, 2.05) is 6.92 Å². The summed E-state index contributed by atoms with van der Waals surface area (Å²) in [6, 6.07) is 2.12. The van der Waals surface area contributed by atoms with Gasteiger partial charge in [0.25, 0.3) is 0 Å². The molecule has 2 aromatic heterocycles. The highest BCUT2D eigenvalue weighted by molar-refractivity contribution is 7.10. The highest BCUT2D eigenvalue weighted by Crippen LogP contribution is 2.22. The summed E-state index contributed by atoms with van der Waals surface area (Å²) in [7, 11) is 0. The van der Waals surface area contributed by atoms with Gasteiger partial charge < -0.3 is 9.84 Å². The summed E-state index contributed by atoms with van der Waals surface area (Å²) in [5.74, 6) is 0.576. The molecule has 0 saturated carbocycles. The van der Waals surface area contributed by atoms with Crippen LogP contribution in [0.15, 0.2) is 10.9 Å². The molecule has 0 bridgehead atoms. The standard InChI is InChI=1S/C9H9N5OS/c1-6-7(4-10)9(16-14-6)11-3-2-8-12-5-13-15-8/h5,11H,2-3H2,1H3. The normalized spacial score (nSPS) is 10.0. The molecule has 1 N–H and O–H groups in total. The van der Waals surface area contributed by atoms with E-state index in [0.29, 0.717) is 24.4 Å². The van der Waals surface area contributed by atoms with Crippen LogP contribution in [0.5, 0.6) is 0 Å². The summed E-state index contributed by atoms with van der Waals surface area (Å²) in [6.45, 7) is 2.46. The minimum absolute atomic E-state index is 0.576. The topological polar surface area (TPSA) is 87.6 Å². The van der Waals surface area contributed by atoms with E-state index >= 15 is 0 Å². The van der Waals surface area contributed by atoms with Crippen molar-refractivity contribution < 1.29 is 4.52 Å². The SMILES string of the molecule is Cc1nsc(NCCc2ncno2)c1C#N. The highest BCUT2D eigenvalue weighted by Gasteiger charge is 2.09. The van der Waals surface area contributed by atoms with E-state index in [2.05, 4.69) is 25.9 Å². The van der Waals surface area contributed by atoms with Crippen molar-refractivity contribution in [3.05, 3.63) is 23.5 Å². The number of rotatable bonds is 4. The predicted octanol–water partition coefficient (Wildman–Crippen LogP) is 1.36. The Morgan fingerprint density at radius 2 is 2.50 bits per heavy atom. The molecule has 2 heterocycles. The van der Waals surface area contributed by atoms with E-state index in [1.165, 1.54) is 17.9 Å². The van der Waals surface area contributed by atoms with Gasteiger partial charge in [0.2, 0.25) is 5.89 Å². The van der Waals surface area contributed by atoms with Crippen LogP contribution in [0.4, 0.5) is 5.00 Å². The zero-order valence-electron chi connectivity index (χ0n) is 8.60. The highest BCUT2D eigenvalue weighted by atomic mass is 32.1. The Morgan fingerprint density at radius 3 is 3.19 bits per heavy atom. The summed E-state index contributed by atoms with van der Waals surface area (Å²) in [5.41, 5.74) is 1.36. The summed E-state index contributed by atoms with van der Waals surface area (Å²) in [4.78, 5) is 3.90. The molecule has 0 aliphatic carbocycles. The van der Waals surface area contributed by atoms with Crippen molar-refractivity contribution in [1.29, 1.82) is 5.26 Å². The summed E-state index contributed by atoms with van der Waals surface area (Å²) >= 11 is 1.29. The van der Waals surface area contributed by atoms with Crippen molar-refractivity contribution in [3.63, 3.8) is 0 Å². The van der Waals surface area contributed by atoms with Gasteiger partial charge in [-0.15, -0.1) is 0 Å². The smallest absolute Gasteiger partial charge is 0.228 e. The number of nitrogens with zero attached hydrogens (tertiary/aromatic N) is 4. The van der Waals surface area contributed by atoms with Crippen molar-refractivity contribution in [2.45, 2.75) is 13.3 Å². The lowest BCUT2D eigenvalue weighted by Crippen LogP contribution is -2.04. The number of aromatic nitrogens is 3. The molecule has 0 fully saturated rings. The lowest BCUT2D eigenvalue weighted by Gasteiger charge is -2.00. The quantitative estimate of drug-likeness (QED) is 0.860. The van der Waals surface area contributed by atoms with Crippen LogP contribution in [0.25, 0.3) is 0 Å². The van der Waals surface area contributed by atoms with Gasteiger partial charge in [-0.1, -0.05) is 5.16 Å². The maximum absolute atomic E-state index is 8.91. The molecular weight excluding hydrogens is 226 g/mol. The van der Waals surface area contributed by atoms with Crippen LogP contribution in [0.1, 0.15) is 17.1 Å². The Hall–Kier alpha value is -1.94. The molecule has 82 valence electrons. The molecule has 0 aliphatic rings. The van der Waals surface area contributed by atoms with E-state index < -0.39 is 0 Å². The zero-order valence-corrected chi connectivity index (χ0v) is 9.41. The molecule has 7 heteroatoms. The molecule has 2 rings (SSSR count). The number of hydrogen-bond acceptors (Lipinski definition) is 7. The fraction of sp³-hybridized carbons (Fsp3) is 0.333. The van der Waals surface area contributed by atoms with Crippen molar-refractivity contribution >= 4 is 16.5 Å². The summed E-state index contributed by atoms with van der Waals surface area (Å²) in [6.07, 6.45) is 1.99. The first kappa shape index (κ1) is 10.6. The number of nitriles is 1. The first-order valence-electron chi connectivity index (χ1n) is 4.67. The van der Waals surface area contributed by atoms with Crippen LogP contribution >= 0.6 is 11.5 Å². The van der Waals surface area contributed by atoms with Crippen molar-refractivity contribution in [3.8, 4) is 6.07 Å². The molecule has 0 unspecified atom stereocenters. The van der Waals surface area contributed by atoms with Gasteiger partial charge in [0, 0.05) is 13.0 Å². The Morgan fingerprint density at radius 1 is 1.62 bits per heavy atom. The second kappa shape index (κ2) is 4.72. The lowest BCUT2D eigenvalue weighted by molar-refractivity contribution is 0.380. The van der Waals surface area contributed by atoms with E-state index in [4.69, 9.17) is 9.78 Å². The minimum Gasteiger partial charge on any atom is -0.374 e. The third-order valence-corrected chi connectivity index (χ3v) is 2.90. The average Bonchev–Trinajstić information content (AvgIpc) is 2.89. The van der Waals surface area contributed by atoms with E-state index in [9.17, 15) is 0 Å². The van der Waals surface area contributed by atoms with Gasteiger partial charge in [0.1, 0.15) is 16.6 Å². The largest absolute Gasteiger partial charge is 0.374 e. The third-order valence-electron chi connectivity index (χ3n) is 2.01. The Balaban J connectivity index is 1.93. The third kappa shape index (κ3) is 2.17. The van der Waals surface area contributed by atoms with Gasteiger partial charge in [-0.25, -0.2) is 0 Å². The van der Waals surface area contributed by atoms with Crippen LogP contribution in [-0.2, 0) is 6.42 Å². The van der Waals surface area contributed by atoms with Crippen molar-refractivity contribution in [1.82, 2.24) is 14.5 Å².